The summed E-state index contributed by atoms with van der Waals surface area (Å²) in [5.74, 6) is 0. The van der Waals surface area contributed by atoms with Gasteiger partial charge in [0.25, 0.3) is 6.71 Å². The summed E-state index contributed by atoms with van der Waals surface area (Å²) in [6, 6.07) is 64.3. The minimum atomic E-state index is -0.0200. The zero-order chi connectivity index (χ0) is 42.5. The first-order chi connectivity index (χ1) is 30.5. The van der Waals surface area contributed by atoms with E-state index in [9.17, 15) is 0 Å². The lowest BCUT2D eigenvalue weighted by Crippen LogP contribution is -2.59. The van der Waals surface area contributed by atoms with Gasteiger partial charge in [-0.1, -0.05) is 145 Å². The number of aromatic nitrogens is 2. The Kier molecular flexibility index (Phi) is 7.52. The molecule has 11 aromatic rings. The Morgan fingerprint density at radius 2 is 1.06 bits per heavy atom. The third-order valence-corrected chi connectivity index (χ3v) is 15.2. The molecule has 0 atom stereocenters. The fraction of sp³-hybridized carbons (Fsp3) is 0.138. The van der Waals surface area contributed by atoms with Crippen molar-refractivity contribution in [3.05, 3.63) is 181 Å². The van der Waals surface area contributed by atoms with Crippen LogP contribution in [0.2, 0.25) is 0 Å². The first-order valence-corrected chi connectivity index (χ1v) is 23.1. The monoisotopic (exact) mass is 827 g/mol. The van der Waals surface area contributed by atoms with Gasteiger partial charge < -0.3 is 14.0 Å². The molecule has 0 bridgehead atoms. The van der Waals surface area contributed by atoms with Crippen molar-refractivity contribution in [2.24, 2.45) is 0 Å². The van der Waals surface area contributed by atoms with Gasteiger partial charge in [-0.2, -0.15) is 0 Å². The van der Waals surface area contributed by atoms with Gasteiger partial charge in [0.1, 0.15) is 0 Å². The van der Waals surface area contributed by atoms with E-state index in [1.807, 2.05) is 11.3 Å². The number of thiophene rings is 1. The molecule has 3 nitrogen and oxygen atoms in total. The number of nitrogens with zero attached hydrogens (tertiary/aromatic N) is 3. The molecule has 302 valence electrons. The van der Waals surface area contributed by atoms with Gasteiger partial charge in [0.15, 0.2) is 0 Å². The van der Waals surface area contributed by atoms with E-state index < -0.39 is 0 Å². The fourth-order valence-electron chi connectivity index (χ4n) is 11.0. The molecule has 0 saturated carbocycles. The predicted octanol–water partition coefficient (Wildman–Crippen LogP) is 14.0. The first-order valence-electron chi connectivity index (χ1n) is 22.3. The molecule has 0 spiro atoms. The van der Waals surface area contributed by atoms with Crippen LogP contribution >= 0.6 is 11.3 Å². The van der Waals surface area contributed by atoms with E-state index in [0.717, 1.165) is 0 Å². The van der Waals surface area contributed by atoms with Crippen LogP contribution in [0.3, 0.4) is 0 Å². The highest BCUT2D eigenvalue weighted by atomic mass is 32.1. The number of para-hydroxylation sites is 3. The zero-order valence-electron chi connectivity index (χ0n) is 36.5. The molecule has 8 aromatic carbocycles. The standard InChI is InChI=1S/C58H46BN3S/c1-57(2,3)37-25-28-40(29-26-37)61-48-31-36(35-17-9-7-10-18-35)32-49-52(48)59(56-55(61)44-33-38(58(4,5)6)27-30-50(44)63-56)53-51-42-22-14-16-24-46(42)60(39-19-11-8-12-20-39)47(51)34-43-41-21-13-15-23-45(41)62(49)54(43)53/h7-34H,1-6H3. The van der Waals surface area contributed by atoms with Crippen molar-refractivity contribution in [1.29, 1.82) is 0 Å². The van der Waals surface area contributed by atoms with Gasteiger partial charge in [0, 0.05) is 59.2 Å². The van der Waals surface area contributed by atoms with Crippen LogP contribution in [0, 0.1) is 0 Å². The second-order valence-corrected chi connectivity index (χ2v) is 20.8. The smallest absolute Gasteiger partial charge is 0.265 e. The molecular formula is C58H46BN3S. The third kappa shape index (κ3) is 5.14. The van der Waals surface area contributed by atoms with E-state index >= 15 is 0 Å². The second kappa shape index (κ2) is 12.9. The van der Waals surface area contributed by atoms with E-state index in [0.29, 0.717) is 0 Å². The normalized spacial score (nSPS) is 13.5. The van der Waals surface area contributed by atoms with Crippen molar-refractivity contribution in [3.8, 4) is 22.5 Å². The van der Waals surface area contributed by atoms with E-state index in [1.54, 1.807) is 0 Å². The Balaban J connectivity index is 1.26. The molecule has 63 heavy (non-hydrogen) atoms. The summed E-state index contributed by atoms with van der Waals surface area (Å²) in [6.07, 6.45) is 0. The number of hydrogen-bond donors (Lipinski definition) is 0. The summed E-state index contributed by atoms with van der Waals surface area (Å²) in [5, 5.41) is 6.51. The van der Waals surface area contributed by atoms with Crippen LogP contribution in [-0.4, -0.2) is 15.8 Å². The number of fused-ring (bicyclic) bond motifs is 13. The summed E-state index contributed by atoms with van der Waals surface area (Å²) >= 11 is 1.99. The summed E-state index contributed by atoms with van der Waals surface area (Å²) in [5.41, 5.74) is 19.1. The minimum Gasteiger partial charge on any atom is -0.310 e. The number of rotatable bonds is 3. The molecule has 0 radical (unpaired) electrons. The highest BCUT2D eigenvalue weighted by Gasteiger charge is 2.46. The van der Waals surface area contributed by atoms with Gasteiger partial charge >= 0.3 is 0 Å². The summed E-state index contributed by atoms with van der Waals surface area (Å²) in [6.45, 7) is 13.9. The van der Waals surface area contributed by atoms with Gasteiger partial charge in [-0.05, 0) is 111 Å². The molecule has 0 saturated heterocycles. The average Bonchev–Trinajstić information content (AvgIpc) is 3.95. The van der Waals surface area contributed by atoms with Crippen molar-refractivity contribution in [1.82, 2.24) is 9.13 Å². The Labute approximate surface area is 372 Å². The number of benzene rings is 8. The third-order valence-electron chi connectivity index (χ3n) is 14.0. The van der Waals surface area contributed by atoms with Crippen LogP contribution in [0.5, 0.6) is 0 Å². The van der Waals surface area contributed by atoms with Crippen molar-refractivity contribution >= 4 is 105 Å². The van der Waals surface area contributed by atoms with E-state index in [-0.39, 0.29) is 17.5 Å². The molecule has 13 rings (SSSR count). The van der Waals surface area contributed by atoms with Crippen molar-refractivity contribution < 1.29 is 0 Å². The molecule has 2 aliphatic heterocycles. The number of hydrogen-bond acceptors (Lipinski definition) is 2. The maximum atomic E-state index is 2.64. The molecule has 0 aliphatic carbocycles. The molecule has 0 unspecified atom stereocenters. The Hall–Kier alpha value is -6.82. The molecule has 5 heteroatoms. The Morgan fingerprint density at radius 3 is 1.78 bits per heavy atom. The molecular weight excluding hydrogens is 782 g/mol. The van der Waals surface area contributed by atoms with Gasteiger partial charge in [0.05, 0.1) is 27.8 Å². The summed E-state index contributed by atoms with van der Waals surface area (Å²) < 4.78 is 7.86. The minimum absolute atomic E-state index is 0.00871. The van der Waals surface area contributed by atoms with Gasteiger partial charge in [-0.15, -0.1) is 11.3 Å². The van der Waals surface area contributed by atoms with Gasteiger partial charge in [-0.25, -0.2) is 0 Å². The largest absolute Gasteiger partial charge is 0.310 e. The molecule has 0 N–H and O–H groups in total. The van der Waals surface area contributed by atoms with Gasteiger partial charge in [0.2, 0.25) is 0 Å². The molecule has 5 heterocycles. The maximum Gasteiger partial charge on any atom is 0.265 e. The Morgan fingerprint density at radius 1 is 0.444 bits per heavy atom. The van der Waals surface area contributed by atoms with Crippen LogP contribution in [0.4, 0.5) is 17.1 Å². The lowest BCUT2D eigenvalue weighted by Gasteiger charge is -2.40. The Bertz CT molecular complexity index is 3690. The molecule has 2 aliphatic rings. The molecule has 0 fully saturated rings. The summed E-state index contributed by atoms with van der Waals surface area (Å²) in [7, 11) is 0. The molecule has 3 aromatic heterocycles. The average molecular weight is 828 g/mol. The molecule has 0 amide bonds. The van der Waals surface area contributed by atoms with Crippen molar-refractivity contribution in [3.63, 3.8) is 0 Å². The lowest BCUT2D eigenvalue weighted by atomic mass is 9.36. The van der Waals surface area contributed by atoms with Crippen molar-refractivity contribution in [2.45, 2.75) is 52.4 Å². The van der Waals surface area contributed by atoms with Crippen LogP contribution < -0.4 is 20.6 Å². The maximum absolute atomic E-state index is 2.64. The first kappa shape index (κ1) is 36.8. The van der Waals surface area contributed by atoms with E-state index in [2.05, 4.69) is 225 Å². The lowest BCUT2D eigenvalue weighted by molar-refractivity contribution is 0.590. The quantitative estimate of drug-likeness (QED) is 0.162. The van der Waals surface area contributed by atoms with E-state index in [4.69, 9.17) is 0 Å². The van der Waals surface area contributed by atoms with E-state index in [1.165, 1.54) is 120 Å². The zero-order valence-corrected chi connectivity index (χ0v) is 37.3. The predicted molar refractivity (Wildman–Crippen MR) is 273 cm³/mol. The highest BCUT2D eigenvalue weighted by molar-refractivity contribution is 7.34. The fourth-order valence-corrected chi connectivity index (χ4v) is 12.3. The SMILES string of the molecule is CC(C)(C)c1ccc(N2c3cc(-c4ccccc4)cc4c3B(c3sc5ccc(C(C)(C)C)cc5c32)c2c3c5ccccc5n(-c5ccccc5)c3cc3c5ccccc5n-4c23)cc1. The van der Waals surface area contributed by atoms with Crippen LogP contribution in [-0.2, 0) is 10.8 Å². The van der Waals surface area contributed by atoms with Gasteiger partial charge in [-0.3, -0.25) is 0 Å². The number of anilines is 3. The second-order valence-electron chi connectivity index (χ2n) is 19.8. The van der Waals surface area contributed by atoms with Crippen molar-refractivity contribution in [2.75, 3.05) is 4.90 Å². The van der Waals surface area contributed by atoms with Crippen LogP contribution in [0.25, 0.3) is 76.2 Å². The van der Waals surface area contributed by atoms with Crippen LogP contribution in [0.15, 0.2) is 170 Å². The van der Waals surface area contributed by atoms with Crippen LogP contribution in [0.1, 0.15) is 52.7 Å². The highest BCUT2D eigenvalue weighted by Crippen LogP contribution is 2.49. The summed E-state index contributed by atoms with van der Waals surface area (Å²) in [4.78, 5) is 2.64. The topological polar surface area (TPSA) is 13.1 Å².